The summed E-state index contributed by atoms with van der Waals surface area (Å²) < 4.78 is 14.6. The van der Waals surface area contributed by atoms with Crippen molar-refractivity contribution in [2.45, 2.75) is 18.7 Å². The second-order valence-corrected chi connectivity index (χ2v) is 8.26. The third-order valence-electron chi connectivity index (χ3n) is 4.18. The van der Waals surface area contributed by atoms with Gasteiger partial charge in [-0.2, -0.15) is 5.10 Å². The van der Waals surface area contributed by atoms with E-state index in [9.17, 15) is 14.0 Å². The van der Waals surface area contributed by atoms with E-state index in [1.807, 2.05) is 12.1 Å². The molecule has 0 spiro atoms. The second-order valence-electron chi connectivity index (χ2n) is 6.50. The molecule has 6 nitrogen and oxygen atoms in total. The first kappa shape index (κ1) is 21.9. The molecular formula is C21H20ClFN4O2S. The topological polar surface area (TPSA) is 76.0 Å². The molecule has 3 aromatic rings. The van der Waals surface area contributed by atoms with Gasteiger partial charge in [0.1, 0.15) is 11.6 Å². The Kier molecular flexibility index (Phi) is 7.48. The van der Waals surface area contributed by atoms with Crippen LogP contribution in [0.25, 0.3) is 0 Å². The smallest absolute Gasteiger partial charge is 0.238 e. The molecule has 30 heavy (non-hydrogen) atoms. The molecule has 2 amide bonds. The van der Waals surface area contributed by atoms with Crippen LogP contribution < -0.4 is 10.6 Å². The number of anilines is 2. The summed E-state index contributed by atoms with van der Waals surface area (Å²) in [5.41, 5.74) is 1.50. The van der Waals surface area contributed by atoms with Gasteiger partial charge in [-0.05, 0) is 48.9 Å². The lowest BCUT2D eigenvalue weighted by molar-refractivity contribution is -0.115. The van der Waals surface area contributed by atoms with E-state index in [1.54, 1.807) is 36.0 Å². The molecule has 0 saturated carbocycles. The van der Waals surface area contributed by atoms with E-state index in [0.717, 1.165) is 5.56 Å². The van der Waals surface area contributed by atoms with Crippen molar-refractivity contribution in [2.24, 2.45) is 0 Å². The quantitative estimate of drug-likeness (QED) is 0.537. The fourth-order valence-electron chi connectivity index (χ4n) is 2.56. The minimum atomic E-state index is -0.456. The summed E-state index contributed by atoms with van der Waals surface area (Å²) in [4.78, 5) is 24.5. The number of hydrogen-bond donors (Lipinski definition) is 2. The van der Waals surface area contributed by atoms with Gasteiger partial charge >= 0.3 is 0 Å². The zero-order chi connectivity index (χ0) is 21.5. The molecular weight excluding hydrogens is 427 g/mol. The Morgan fingerprint density at radius 1 is 1.10 bits per heavy atom. The second kappa shape index (κ2) is 10.3. The molecule has 0 radical (unpaired) electrons. The van der Waals surface area contributed by atoms with E-state index in [2.05, 4.69) is 15.7 Å². The largest absolute Gasteiger partial charge is 0.325 e. The van der Waals surface area contributed by atoms with Crippen molar-refractivity contribution in [3.05, 3.63) is 77.2 Å². The summed E-state index contributed by atoms with van der Waals surface area (Å²) in [6.07, 6.45) is 1.61. The van der Waals surface area contributed by atoms with Crippen molar-refractivity contribution in [2.75, 3.05) is 16.4 Å². The summed E-state index contributed by atoms with van der Waals surface area (Å²) in [7, 11) is 0. The van der Waals surface area contributed by atoms with Gasteiger partial charge in [0.05, 0.1) is 23.7 Å². The molecule has 0 bridgehead atoms. The summed E-state index contributed by atoms with van der Waals surface area (Å²) in [6.45, 7) is 2.21. The van der Waals surface area contributed by atoms with Crippen molar-refractivity contribution in [1.29, 1.82) is 0 Å². The number of nitrogens with zero attached hydrogens (tertiary/aromatic N) is 2. The summed E-state index contributed by atoms with van der Waals surface area (Å²) >= 11 is 7.11. The third kappa shape index (κ3) is 6.33. The lowest BCUT2D eigenvalue weighted by atomic mass is 10.2. The number of amides is 2. The Morgan fingerprint density at radius 2 is 1.80 bits per heavy atom. The van der Waals surface area contributed by atoms with Crippen molar-refractivity contribution in [3.63, 3.8) is 0 Å². The van der Waals surface area contributed by atoms with Crippen LogP contribution in [0.15, 0.2) is 60.8 Å². The molecule has 2 N–H and O–H groups in total. The Labute approximate surface area is 182 Å². The highest BCUT2D eigenvalue weighted by Gasteiger charge is 2.17. The summed E-state index contributed by atoms with van der Waals surface area (Å²) in [5.74, 6) is -0.205. The van der Waals surface area contributed by atoms with E-state index < -0.39 is 5.25 Å². The molecule has 1 unspecified atom stereocenters. The van der Waals surface area contributed by atoms with Gasteiger partial charge < -0.3 is 10.6 Å². The first-order valence-electron chi connectivity index (χ1n) is 9.15. The predicted octanol–water partition coefficient (Wildman–Crippen LogP) is 4.42. The minimum absolute atomic E-state index is 0.0933. The number of benzene rings is 2. The molecule has 3 rings (SSSR count). The molecule has 0 aliphatic carbocycles. The maximum atomic E-state index is 12.9. The Hall–Kier alpha value is -2.84. The van der Waals surface area contributed by atoms with Crippen molar-refractivity contribution in [1.82, 2.24) is 9.78 Å². The fourth-order valence-corrected chi connectivity index (χ4v) is 3.37. The Bertz CT molecular complexity index is 1010. The van der Waals surface area contributed by atoms with E-state index in [-0.39, 0.29) is 23.4 Å². The highest BCUT2D eigenvalue weighted by atomic mass is 35.5. The van der Waals surface area contributed by atoms with Gasteiger partial charge in [0.15, 0.2) is 0 Å². The van der Waals surface area contributed by atoms with Gasteiger partial charge in [-0.25, -0.2) is 9.07 Å². The number of halogens is 2. The van der Waals surface area contributed by atoms with E-state index in [0.29, 0.717) is 23.1 Å². The van der Waals surface area contributed by atoms with Gasteiger partial charge in [0.25, 0.3) is 0 Å². The highest BCUT2D eigenvalue weighted by molar-refractivity contribution is 8.01. The molecule has 1 aromatic heterocycles. The van der Waals surface area contributed by atoms with Gasteiger partial charge in [-0.15, -0.1) is 11.8 Å². The zero-order valence-corrected chi connectivity index (χ0v) is 17.7. The van der Waals surface area contributed by atoms with Crippen LogP contribution in [0.3, 0.4) is 0 Å². The summed E-state index contributed by atoms with van der Waals surface area (Å²) in [5, 5.41) is 9.95. The molecule has 2 aromatic carbocycles. The number of thioether (sulfide) groups is 1. The van der Waals surface area contributed by atoms with Crippen molar-refractivity contribution >= 4 is 46.7 Å². The number of carbonyl (C=O) groups excluding carboxylic acids is 2. The molecule has 0 fully saturated rings. The van der Waals surface area contributed by atoms with Gasteiger partial charge in [-0.3, -0.25) is 9.59 Å². The number of hydrogen-bond acceptors (Lipinski definition) is 4. The lowest BCUT2D eigenvalue weighted by Crippen LogP contribution is -2.26. The normalized spacial score (nSPS) is 11.7. The monoisotopic (exact) mass is 446 g/mol. The average Bonchev–Trinajstić information content (AvgIpc) is 3.16. The molecule has 1 atom stereocenters. The standard InChI is InChI=1S/C21H20ClFN4O2S/c1-14(30-13-20(28)25-18-8-6-17(23)7-9-18)21(29)26-19-10-11-24-27(19)12-15-2-4-16(22)5-3-15/h2-11,14H,12-13H2,1H3,(H,25,28)(H,26,29). The van der Waals surface area contributed by atoms with Crippen molar-refractivity contribution < 1.29 is 14.0 Å². The average molecular weight is 447 g/mol. The first-order chi connectivity index (χ1) is 14.4. The first-order valence-corrected chi connectivity index (χ1v) is 10.6. The zero-order valence-electron chi connectivity index (χ0n) is 16.1. The Morgan fingerprint density at radius 3 is 2.50 bits per heavy atom. The van der Waals surface area contributed by atoms with Crippen LogP contribution in [-0.4, -0.2) is 32.6 Å². The minimum Gasteiger partial charge on any atom is -0.325 e. The molecule has 0 aliphatic heterocycles. The van der Waals surface area contributed by atoms with Crippen LogP contribution in [0.4, 0.5) is 15.9 Å². The van der Waals surface area contributed by atoms with Gasteiger partial charge in [0, 0.05) is 16.8 Å². The predicted molar refractivity (Wildman–Crippen MR) is 118 cm³/mol. The Balaban J connectivity index is 1.49. The number of rotatable bonds is 8. The van der Waals surface area contributed by atoms with Crippen LogP contribution in [0.5, 0.6) is 0 Å². The van der Waals surface area contributed by atoms with E-state index >= 15 is 0 Å². The fraction of sp³-hybridized carbons (Fsp3) is 0.190. The SMILES string of the molecule is CC(SCC(=O)Nc1ccc(F)cc1)C(=O)Nc1ccnn1Cc1ccc(Cl)cc1. The molecule has 1 heterocycles. The number of carbonyl (C=O) groups is 2. The molecule has 156 valence electrons. The molecule has 0 saturated heterocycles. The lowest BCUT2D eigenvalue weighted by Gasteiger charge is -2.13. The van der Waals surface area contributed by atoms with E-state index in [4.69, 9.17) is 11.6 Å². The molecule has 9 heteroatoms. The number of aromatic nitrogens is 2. The van der Waals surface area contributed by atoms with Crippen LogP contribution in [-0.2, 0) is 16.1 Å². The molecule has 0 aliphatic rings. The van der Waals surface area contributed by atoms with Crippen molar-refractivity contribution in [3.8, 4) is 0 Å². The third-order valence-corrected chi connectivity index (χ3v) is 5.57. The van der Waals surface area contributed by atoms with Crippen LogP contribution >= 0.6 is 23.4 Å². The number of nitrogens with one attached hydrogen (secondary N) is 2. The highest BCUT2D eigenvalue weighted by Crippen LogP contribution is 2.17. The maximum absolute atomic E-state index is 12.9. The maximum Gasteiger partial charge on any atom is 0.238 e. The van der Waals surface area contributed by atoms with Gasteiger partial charge in [0.2, 0.25) is 11.8 Å². The summed E-state index contributed by atoms with van der Waals surface area (Å²) in [6, 6.07) is 14.6. The van der Waals surface area contributed by atoms with Crippen LogP contribution in [0.2, 0.25) is 5.02 Å². The van der Waals surface area contributed by atoms with Gasteiger partial charge in [-0.1, -0.05) is 23.7 Å². The van der Waals surface area contributed by atoms with E-state index in [1.165, 1.54) is 36.0 Å². The van der Waals surface area contributed by atoms with Crippen LogP contribution in [0, 0.1) is 5.82 Å². The van der Waals surface area contributed by atoms with Crippen LogP contribution in [0.1, 0.15) is 12.5 Å².